The molecule has 2 aliphatic heterocycles. The Bertz CT molecular complexity index is 1770. The van der Waals surface area contributed by atoms with Crippen LogP contribution in [0.4, 0.5) is 4.39 Å². The summed E-state index contributed by atoms with van der Waals surface area (Å²) < 4.78 is 27.1. The first kappa shape index (κ1) is 28.9. The van der Waals surface area contributed by atoms with Crippen molar-refractivity contribution in [2.75, 3.05) is 26.9 Å². The van der Waals surface area contributed by atoms with Crippen LogP contribution in [-0.2, 0) is 49.0 Å². The van der Waals surface area contributed by atoms with Crippen LogP contribution >= 0.6 is 0 Å². The summed E-state index contributed by atoms with van der Waals surface area (Å²) >= 11 is 0. The number of likely N-dealkylation sites (N-methyl/N-ethyl adjacent to an activating group) is 1. The number of aliphatic hydroxyl groups is 1. The highest BCUT2D eigenvalue weighted by Crippen LogP contribution is 2.45. The molecule has 4 N–H and O–H groups in total. The first-order chi connectivity index (χ1) is 20.6. The van der Waals surface area contributed by atoms with Gasteiger partial charge in [0, 0.05) is 22.6 Å². The van der Waals surface area contributed by atoms with Gasteiger partial charge < -0.3 is 35.1 Å². The summed E-state index contributed by atoms with van der Waals surface area (Å²) in [5.41, 5.74) is 1.98. The van der Waals surface area contributed by atoms with Crippen LogP contribution in [-0.4, -0.2) is 59.4 Å². The van der Waals surface area contributed by atoms with E-state index in [9.17, 15) is 24.3 Å². The van der Waals surface area contributed by atoms with Gasteiger partial charge in [0.25, 0.3) is 5.56 Å². The standard InChI is InChI=1S/C30H32FN5O7/c1-4-30(41)18-7-22-27-16(10-36(22)28(39)17(18)11-43-29(30)40)26-20(34-24(38)12-42-13-33-23(37)9-32-3)6-5-15-14(2)19(31)8-21(35-27)25(15)26/h7-8,20,32,41H,4-6,9-13H2,1-3H3,(H,33,37)(H,34,38)/t20-,30-/m0/s1. The second-order valence-electron chi connectivity index (χ2n) is 11.1. The zero-order chi connectivity index (χ0) is 30.6. The molecular formula is C30H32FN5O7. The van der Waals surface area contributed by atoms with Gasteiger partial charge in [0.2, 0.25) is 11.8 Å². The Labute approximate surface area is 245 Å². The Hall–Kier alpha value is -4.20. The molecule has 12 nitrogen and oxygen atoms in total. The molecule has 0 spiro atoms. The molecule has 4 heterocycles. The normalized spacial score (nSPS) is 19.8. The topological polar surface area (TPSA) is 161 Å². The van der Waals surface area contributed by atoms with Crippen molar-refractivity contribution in [1.82, 2.24) is 25.5 Å². The van der Waals surface area contributed by atoms with Gasteiger partial charge in [0.15, 0.2) is 5.60 Å². The summed E-state index contributed by atoms with van der Waals surface area (Å²) in [6.07, 6.45) is 0.991. The van der Waals surface area contributed by atoms with Crippen molar-refractivity contribution in [1.29, 1.82) is 0 Å². The molecule has 1 aliphatic carbocycles. The van der Waals surface area contributed by atoms with E-state index in [4.69, 9.17) is 14.5 Å². The summed E-state index contributed by atoms with van der Waals surface area (Å²) in [6.45, 7) is 2.93. The number of hydrogen-bond donors (Lipinski definition) is 4. The molecule has 0 radical (unpaired) electrons. The highest BCUT2D eigenvalue weighted by atomic mass is 19.1. The van der Waals surface area contributed by atoms with Crippen LogP contribution < -0.4 is 21.5 Å². The largest absolute Gasteiger partial charge is 0.458 e. The van der Waals surface area contributed by atoms with Crippen LogP contribution in [0.5, 0.6) is 0 Å². The van der Waals surface area contributed by atoms with Crippen LogP contribution in [0.25, 0.3) is 22.3 Å². The number of carbonyl (C=O) groups is 3. The molecule has 0 unspecified atom stereocenters. The maximum Gasteiger partial charge on any atom is 0.343 e. The number of hydrogen-bond acceptors (Lipinski definition) is 9. The number of rotatable bonds is 8. The molecule has 3 aliphatic rings. The average molecular weight is 594 g/mol. The number of ether oxygens (including phenoxy) is 2. The number of aryl methyl sites for hydroxylation is 1. The van der Waals surface area contributed by atoms with Crippen molar-refractivity contribution in [2.24, 2.45) is 0 Å². The van der Waals surface area contributed by atoms with Crippen LogP contribution in [0, 0.1) is 12.7 Å². The second-order valence-corrected chi connectivity index (χ2v) is 11.1. The molecule has 0 saturated carbocycles. The molecule has 2 atom stereocenters. The molecule has 0 saturated heterocycles. The minimum absolute atomic E-state index is 0.00812. The second kappa shape index (κ2) is 10.8. The zero-order valence-corrected chi connectivity index (χ0v) is 24.1. The summed E-state index contributed by atoms with van der Waals surface area (Å²) in [7, 11) is 1.64. The SMILES string of the molecule is CC[C@@]1(O)C(=O)OCc2c1cc1n(c2=O)Cc2c-1nc1cc(F)c(C)c3c1c2[C@@H](NC(=O)COCNC(=O)CNC)CC3. The fourth-order valence-electron chi connectivity index (χ4n) is 6.43. The quantitative estimate of drug-likeness (QED) is 0.132. The number of fused-ring (bicyclic) bond motifs is 5. The predicted octanol–water partition coefficient (Wildman–Crippen LogP) is 0.940. The molecule has 0 fully saturated rings. The summed E-state index contributed by atoms with van der Waals surface area (Å²) in [4.78, 5) is 55.6. The molecule has 0 bridgehead atoms. The molecule has 1 aromatic carbocycles. The lowest BCUT2D eigenvalue weighted by atomic mass is 9.81. The average Bonchev–Trinajstić information content (AvgIpc) is 3.35. The van der Waals surface area contributed by atoms with Crippen LogP contribution in [0.3, 0.4) is 0 Å². The number of amides is 2. The first-order valence-electron chi connectivity index (χ1n) is 14.2. The van der Waals surface area contributed by atoms with Gasteiger partial charge in [-0.05, 0) is 56.0 Å². The number of esters is 1. The predicted molar refractivity (Wildman–Crippen MR) is 151 cm³/mol. The lowest BCUT2D eigenvalue weighted by Crippen LogP contribution is -2.44. The van der Waals surface area contributed by atoms with E-state index >= 15 is 4.39 Å². The van der Waals surface area contributed by atoms with Crippen molar-refractivity contribution in [3.8, 4) is 11.4 Å². The van der Waals surface area contributed by atoms with Crippen molar-refractivity contribution in [3.05, 3.63) is 61.7 Å². The van der Waals surface area contributed by atoms with Gasteiger partial charge in [-0.3, -0.25) is 14.4 Å². The molecule has 43 heavy (non-hydrogen) atoms. The number of cyclic esters (lactones) is 1. The molecular weight excluding hydrogens is 561 g/mol. The number of aromatic nitrogens is 2. The summed E-state index contributed by atoms with van der Waals surface area (Å²) in [6, 6.07) is 2.48. The van der Waals surface area contributed by atoms with Crippen molar-refractivity contribution < 1.29 is 33.4 Å². The van der Waals surface area contributed by atoms with Crippen LogP contribution in [0.2, 0.25) is 0 Å². The van der Waals surface area contributed by atoms with E-state index in [2.05, 4.69) is 16.0 Å². The number of pyridine rings is 2. The lowest BCUT2D eigenvalue weighted by molar-refractivity contribution is -0.172. The van der Waals surface area contributed by atoms with Gasteiger partial charge >= 0.3 is 5.97 Å². The Balaban J connectivity index is 1.42. The highest BCUT2D eigenvalue weighted by molar-refractivity contribution is 5.94. The van der Waals surface area contributed by atoms with E-state index in [0.717, 1.165) is 16.5 Å². The molecule has 3 aromatic rings. The third-order valence-corrected chi connectivity index (χ3v) is 8.66. The Kier molecular flexibility index (Phi) is 7.27. The van der Waals surface area contributed by atoms with E-state index in [1.807, 2.05) is 0 Å². The van der Waals surface area contributed by atoms with E-state index in [1.54, 1.807) is 27.0 Å². The molecule has 13 heteroatoms. The van der Waals surface area contributed by atoms with Gasteiger partial charge in [-0.25, -0.2) is 14.2 Å². The van der Waals surface area contributed by atoms with Crippen LogP contribution in [0.1, 0.15) is 59.2 Å². The third-order valence-electron chi connectivity index (χ3n) is 8.66. The van der Waals surface area contributed by atoms with E-state index < -0.39 is 34.9 Å². The molecule has 2 aromatic heterocycles. The smallest absolute Gasteiger partial charge is 0.343 e. The minimum Gasteiger partial charge on any atom is -0.458 e. The molecule has 226 valence electrons. The Morgan fingerprint density at radius 1 is 1.23 bits per heavy atom. The number of benzene rings is 1. The van der Waals surface area contributed by atoms with Crippen molar-refractivity contribution in [2.45, 2.75) is 57.9 Å². The van der Waals surface area contributed by atoms with E-state index in [1.165, 1.54) is 10.6 Å². The van der Waals surface area contributed by atoms with Gasteiger partial charge in [-0.1, -0.05) is 6.92 Å². The number of nitrogens with zero attached hydrogens (tertiary/aromatic N) is 2. The van der Waals surface area contributed by atoms with Gasteiger partial charge in [0.05, 0.1) is 41.6 Å². The Morgan fingerprint density at radius 2 is 2.02 bits per heavy atom. The van der Waals surface area contributed by atoms with Gasteiger partial charge in [-0.2, -0.15) is 0 Å². The maximum atomic E-state index is 15.1. The van der Waals surface area contributed by atoms with Gasteiger partial charge in [0.1, 0.15) is 25.8 Å². The van der Waals surface area contributed by atoms with Crippen LogP contribution in [0.15, 0.2) is 16.9 Å². The highest BCUT2D eigenvalue weighted by Gasteiger charge is 2.46. The molecule has 2 amide bonds. The van der Waals surface area contributed by atoms with Crippen molar-refractivity contribution in [3.63, 3.8) is 0 Å². The monoisotopic (exact) mass is 593 g/mol. The first-order valence-corrected chi connectivity index (χ1v) is 14.2. The number of carbonyl (C=O) groups excluding carboxylic acids is 3. The van der Waals surface area contributed by atoms with Gasteiger partial charge in [-0.15, -0.1) is 0 Å². The third kappa shape index (κ3) is 4.58. The Morgan fingerprint density at radius 3 is 2.77 bits per heavy atom. The fourth-order valence-corrected chi connectivity index (χ4v) is 6.43. The molecule has 6 rings (SSSR count). The number of nitrogens with one attached hydrogen (secondary N) is 3. The number of halogens is 1. The van der Waals surface area contributed by atoms with Crippen molar-refractivity contribution >= 4 is 28.7 Å². The lowest BCUT2D eigenvalue weighted by Gasteiger charge is -2.31. The maximum absolute atomic E-state index is 15.1. The zero-order valence-electron chi connectivity index (χ0n) is 24.1. The summed E-state index contributed by atoms with van der Waals surface area (Å²) in [5, 5.41) is 20.2. The summed E-state index contributed by atoms with van der Waals surface area (Å²) in [5.74, 6) is -1.89. The fraction of sp³-hybridized carbons (Fsp3) is 0.433. The minimum atomic E-state index is -1.98. The van der Waals surface area contributed by atoms with E-state index in [-0.39, 0.29) is 56.5 Å². The van der Waals surface area contributed by atoms with E-state index in [0.29, 0.717) is 40.9 Å².